The topological polar surface area (TPSA) is 51.3 Å². The second-order valence-electron chi connectivity index (χ2n) is 5.27. The van der Waals surface area contributed by atoms with E-state index in [0.717, 1.165) is 31.2 Å². The van der Waals surface area contributed by atoms with Crippen molar-refractivity contribution in [3.05, 3.63) is 33.7 Å². The van der Waals surface area contributed by atoms with Crippen molar-refractivity contribution in [3.8, 4) is 0 Å². The maximum Gasteiger partial charge on any atom is 0.251 e. The Bertz CT molecular complexity index is 478. The molecule has 1 aliphatic heterocycles. The predicted octanol–water partition coefficient (Wildman–Crippen LogP) is 2.08. The SMILES string of the molecule is Cc1c(C2CCC3(CC2)OCCO3)cc[nH]c1=O. The summed E-state index contributed by atoms with van der Waals surface area (Å²) in [5.41, 5.74) is 2.07. The molecule has 1 aromatic heterocycles. The van der Waals surface area contributed by atoms with Gasteiger partial charge in [0.05, 0.1) is 13.2 Å². The molecule has 2 aliphatic rings. The van der Waals surface area contributed by atoms with Crippen LogP contribution in [0.3, 0.4) is 0 Å². The van der Waals surface area contributed by atoms with Gasteiger partial charge in [-0.3, -0.25) is 4.79 Å². The second kappa shape index (κ2) is 4.52. The molecule has 2 fully saturated rings. The van der Waals surface area contributed by atoms with E-state index in [1.807, 2.05) is 13.0 Å². The minimum Gasteiger partial charge on any atom is -0.348 e. The summed E-state index contributed by atoms with van der Waals surface area (Å²) in [6.45, 7) is 3.34. The lowest BCUT2D eigenvalue weighted by atomic mass is 9.80. The highest BCUT2D eigenvalue weighted by molar-refractivity contribution is 5.26. The lowest BCUT2D eigenvalue weighted by molar-refractivity contribution is -0.178. The van der Waals surface area contributed by atoms with E-state index in [1.165, 1.54) is 5.56 Å². The van der Waals surface area contributed by atoms with Gasteiger partial charge in [0.2, 0.25) is 0 Å². The molecule has 3 rings (SSSR count). The number of pyridine rings is 1. The van der Waals surface area contributed by atoms with Gasteiger partial charge in [-0.05, 0) is 37.3 Å². The van der Waals surface area contributed by atoms with E-state index < -0.39 is 0 Å². The van der Waals surface area contributed by atoms with Gasteiger partial charge in [0.15, 0.2) is 5.79 Å². The van der Waals surface area contributed by atoms with Gasteiger partial charge in [-0.25, -0.2) is 0 Å². The number of aromatic amines is 1. The van der Waals surface area contributed by atoms with E-state index in [0.29, 0.717) is 19.1 Å². The van der Waals surface area contributed by atoms with Crippen molar-refractivity contribution in [2.24, 2.45) is 0 Å². The largest absolute Gasteiger partial charge is 0.348 e. The quantitative estimate of drug-likeness (QED) is 0.829. The molecule has 2 heterocycles. The summed E-state index contributed by atoms with van der Waals surface area (Å²) in [5, 5.41) is 0. The van der Waals surface area contributed by atoms with Crippen molar-refractivity contribution in [1.82, 2.24) is 4.98 Å². The Balaban J connectivity index is 1.76. The molecular formula is C14H19NO3. The van der Waals surface area contributed by atoms with Crippen LogP contribution in [0.25, 0.3) is 0 Å². The maximum atomic E-state index is 11.6. The molecule has 0 radical (unpaired) electrons. The monoisotopic (exact) mass is 249 g/mol. The van der Waals surface area contributed by atoms with Crippen molar-refractivity contribution < 1.29 is 9.47 Å². The lowest BCUT2D eigenvalue weighted by Crippen LogP contribution is -2.35. The van der Waals surface area contributed by atoms with Crippen LogP contribution in [0.2, 0.25) is 0 Å². The molecule has 1 saturated carbocycles. The van der Waals surface area contributed by atoms with Crippen LogP contribution in [0.4, 0.5) is 0 Å². The smallest absolute Gasteiger partial charge is 0.251 e. The summed E-state index contributed by atoms with van der Waals surface area (Å²) in [6.07, 6.45) is 5.68. The summed E-state index contributed by atoms with van der Waals surface area (Å²) in [7, 11) is 0. The molecular weight excluding hydrogens is 230 g/mol. The number of nitrogens with one attached hydrogen (secondary N) is 1. The third-order valence-electron chi connectivity index (χ3n) is 4.25. The Morgan fingerprint density at radius 2 is 1.94 bits per heavy atom. The first-order valence-electron chi connectivity index (χ1n) is 6.66. The molecule has 1 saturated heterocycles. The molecule has 4 heteroatoms. The molecule has 0 bridgehead atoms. The van der Waals surface area contributed by atoms with E-state index in [-0.39, 0.29) is 11.3 Å². The average molecular weight is 249 g/mol. The standard InChI is InChI=1S/C14H19NO3/c1-10-12(4-7-15-13(10)16)11-2-5-14(6-3-11)17-8-9-18-14/h4,7,11H,2-3,5-6,8-9H2,1H3,(H,15,16). The minimum absolute atomic E-state index is 0.0288. The van der Waals surface area contributed by atoms with Gasteiger partial charge in [-0.1, -0.05) is 0 Å². The summed E-state index contributed by atoms with van der Waals surface area (Å²) in [4.78, 5) is 14.3. The Kier molecular flexibility index (Phi) is 2.99. The fourth-order valence-electron chi connectivity index (χ4n) is 3.17. The molecule has 1 spiro atoms. The average Bonchev–Trinajstić information content (AvgIpc) is 2.83. The van der Waals surface area contributed by atoms with Crippen LogP contribution in [-0.4, -0.2) is 24.0 Å². The van der Waals surface area contributed by atoms with Gasteiger partial charge >= 0.3 is 0 Å². The van der Waals surface area contributed by atoms with E-state index in [9.17, 15) is 4.79 Å². The van der Waals surface area contributed by atoms with Gasteiger partial charge in [0, 0.05) is 24.6 Å². The molecule has 1 aliphatic carbocycles. The summed E-state index contributed by atoms with van der Waals surface area (Å²) in [6, 6.07) is 2.04. The number of aromatic nitrogens is 1. The molecule has 18 heavy (non-hydrogen) atoms. The van der Waals surface area contributed by atoms with Crippen LogP contribution in [0.15, 0.2) is 17.1 Å². The fourth-order valence-corrected chi connectivity index (χ4v) is 3.17. The summed E-state index contributed by atoms with van der Waals surface area (Å²) < 4.78 is 11.5. The van der Waals surface area contributed by atoms with E-state index in [4.69, 9.17) is 9.47 Å². The molecule has 4 nitrogen and oxygen atoms in total. The zero-order valence-corrected chi connectivity index (χ0v) is 10.7. The van der Waals surface area contributed by atoms with Crippen LogP contribution in [0, 0.1) is 6.92 Å². The summed E-state index contributed by atoms with van der Waals surface area (Å²) >= 11 is 0. The molecule has 1 N–H and O–H groups in total. The number of ether oxygens (including phenoxy) is 2. The van der Waals surface area contributed by atoms with Crippen LogP contribution in [0.1, 0.15) is 42.7 Å². The second-order valence-corrected chi connectivity index (χ2v) is 5.27. The van der Waals surface area contributed by atoms with E-state index >= 15 is 0 Å². The minimum atomic E-state index is -0.314. The first-order chi connectivity index (χ1) is 8.70. The normalized spacial score (nSPS) is 23.6. The van der Waals surface area contributed by atoms with Crippen LogP contribution >= 0.6 is 0 Å². The Labute approximate surface area is 106 Å². The highest BCUT2D eigenvalue weighted by Gasteiger charge is 2.40. The molecule has 1 aromatic rings. The fraction of sp³-hybridized carbons (Fsp3) is 0.643. The van der Waals surface area contributed by atoms with E-state index in [1.54, 1.807) is 6.20 Å². The number of hydrogen-bond acceptors (Lipinski definition) is 3. The van der Waals surface area contributed by atoms with Gasteiger partial charge in [-0.2, -0.15) is 0 Å². The Hall–Kier alpha value is -1.13. The van der Waals surface area contributed by atoms with Crippen molar-refractivity contribution in [2.45, 2.75) is 44.3 Å². The molecule has 0 amide bonds. The zero-order valence-electron chi connectivity index (χ0n) is 10.7. The summed E-state index contributed by atoms with van der Waals surface area (Å²) in [5.74, 6) is 0.150. The highest BCUT2D eigenvalue weighted by atomic mass is 16.7. The molecule has 0 atom stereocenters. The van der Waals surface area contributed by atoms with Crippen LogP contribution in [0.5, 0.6) is 0 Å². The van der Waals surface area contributed by atoms with Crippen molar-refractivity contribution in [2.75, 3.05) is 13.2 Å². The third kappa shape index (κ3) is 1.99. The van der Waals surface area contributed by atoms with E-state index in [2.05, 4.69) is 4.98 Å². The molecule has 98 valence electrons. The highest BCUT2D eigenvalue weighted by Crippen LogP contribution is 2.42. The molecule has 0 aromatic carbocycles. The zero-order chi connectivity index (χ0) is 12.6. The van der Waals surface area contributed by atoms with Crippen molar-refractivity contribution in [1.29, 1.82) is 0 Å². The predicted molar refractivity (Wildman–Crippen MR) is 67.6 cm³/mol. The first-order valence-corrected chi connectivity index (χ1v) is 6.66. The van der Waals surface area contributed by atoms with Crippen molar-refractivity contribution >= 4 is 0 Å². The van der Waals surface area contributed by atoms with Gasteiger partial charge in [-0.15, -0.1) is 0 Å². The maximum absolute atomic E-state index is 11.6. The number of hydrogen-bond donors (Lipinski definition) is 1. The van der Waals surface area contributed by atoms with Crippen LogP contribution in [-0.2, 0) is 9.47 Å². The third-order valence-corrected chi connectivity index (χ3v) is 4.25. The first kappa shape index (κ1) is 11.9. The van der Waals surface area contributed by atoms with Gasteiger partial charge in [0.25, 0.3) is 5.56 Å². The molecule has 0 unspecified atom stereocenters. The Morgan fingerprint density at radius 1 is 1.28 bits per heavy atom. The lowest BCUT2D eigenvalue weighted by Gasteiger charge is -2.35. The number of H-pyrrole nitrogens is 1. The number of rotatable bonds is 1. The van der Waals surface area contributed by atoms with Crippen LogP contribution < -0.4 is 5.56 Å². The van der Waals surface area contributed by atoms with Crippen molar-refractivity contribution in [3.63, 3.8) is 0 Å². The van der Waals surface area contributed by atoms with Gasteiger partial charge in [0.1, 0.15) is 0 Å². The Morgan fingerprint density at radius 3 is 2.61 bits per heavy atom. The van der Waals surface area contributed by atoms with Gasteiger partial charge < -0.3 is 14.5 Å².